The predicted molar refractivity (Wildman–Crippen MR) is 105 cm³/mol. The van der Waals surface area contributed by atoms with Crippen molar-refractivity contribution in [3.05, 3.63) is 41.6 Å². The van der Waals surface area contributed by atoms with E-state index < -0.39 is 17.7 Å². The second-order valence-electron chi connectivity index (χ2n) is 8.55. The molecule has 0 unspecified atom stereocenters. The number of rotatable bonds is 5. The van der Waals surface area contributed by atoms with Crippen molar-refractivity contribution in [3.63, 3.8) is 0 Å². The number of urea groups is 1. The van der Waals surface area contributed by atoms with Crippen molar-refractivity contribution in [2.75, 3.05) is 18.5 Å². The van der Waals surface area contributed by atoms with Gasteiger partial charge < -0.3 is 10.1 Å². The highest BCUT2D eigenvalue weighted by Crippen LogP contribution is 2.28. The lowest BCUT2D eigenvalue weighted by Crippen LogP contribution is -2.34. The second-order valence-corrected chi connectivity index (χ2v) is 8.55. The van der Waals surface area contributed by atoms with Crippen LogP contribution in [-0.4, -0.2) is 29.0 Å². The van der Waals surface area contributed by atoms with Gasteiger partial charge in [0.25, 0.3) is 0 Å². The van der Waals surface area contributed by atoms with Crippen LogP contribution in [0.15, 0.2) is 24.3 Å². The van der Waals surface area contributed by atoms with E-state index in [0.717, 1.165) is 17.8 Å². The van der Waals surface area contributed by atoms with Crippen LogP contribution in [0.5, 0.6) is 5.75 Å². The Morgan fingerprint density at radius 3 is 2.39 bits per heavy atom. The number of nitrogens with one attached hydrogen (secondary N) is 2. The van der Waals surface area contributed by atoms with Gasteiger partial charge in [0.15, 0.2) is 11.6 Å². The molecular formula is C20H28F2N4O2. The van der Waals surface area contributed by atoms with Gasteiger partial charge in [-0.2, -0.15) is 5.10 Å². The van der Waals surface area contributed by atoms with Crippen molar-refractivity contribution in [1.29, 1.82) is 0 Å². The first-order valence-electron chi connectivity index (χ1n) is 9.11. The molecule has 1 aromatic carbocycles. The summed E-state index contributed by atoms with van der Waals surface area (Å²) >= 11 is 0. The number of carbonyl (C=O) groups excluding carboxylic acids is 1. The highest BCUT2D eigenvalue weighted by atomic mass is 19.1. The number of benzene rings is 1. The van der Waals surface area contributed by atoms with Crippen LogP contribution in [0.4, 0.5) is 19.4 Å². The Kier molecular flexibility index (Phi) is 6.31. The molecule has 2 aromatic rings. The highest BCUT2D eigenvalue weighted by Gasteiger charge is 2.25. The molecule has 1 heterocycles. The van der Waals surface area contributed by atoms with Gasteiger partial charge in [-0.25, -0.2) is 18.3 Å². The minimum Gasteiger partial charge on any atom is -0.489 e. The van der Waals surface area contributed by atoms with Gasteiger partial charge >= 0.3 is 6.03 Å². The van der Waals surface area contributed by atoms with Crippen molar-refractivity contribution in [3.8, 4) is 5.75 Å². The molecule has 2 N–H and O–H groups in total. The Morgan fingerprint density at radius 1 is 1.14 bits per heavy atom. The monoisotopic (exact) mass is 394 g/mol. The maximum atomic E-state index is 13.5. The maximum Gasteiger partial charge on any atom is 0.320 e. The zero-order valence-electron chi connectivity index (χ0n) is 17.2. The molecule has 0 aliphatic rings. The number of hydrogen-bond acceptors (Lipinski definition) is 3. The Hall–Kier alpha value is -2.64. The summed E-state index contributed by atoms with van der Waals surface area (Å²) in [5.41, 5.74) is 0.402. The lowest BCUT2D eigenvalue weighted by Gasteiger charge is -2.23. The van der Waals surface area contributed by atoms with E-state index in [1.807, 2.05) is 26.8 Å². The molecule has 0 radical (unpaired) electrons. The van der Waals surface area contributed by atoms with Crippen LogP contribution >= 0.6 is 0 Å². The molecule has 2 rings (SSSR count). The quantitative estimate of drug-likeness (QED) is 0.738. The number of carbonyl (C=O) groups is 1. The largest absolute Gasteiger partial charge is 0.489 e. The summed E-state index contributed by atoms with van der Waals surface area (Å²) in [7, 11) is 0. The van der Waals surface area contributed by atoms with Crippen LogP contribution in [0.2, 0.25) is 0 Å². The van der Waals surface area contributed by atoms with E-state index in [1.165, 1.54) is 6.07 Å². The summed E-state index contributed by atoms with van der Waals surface area (Å²) in [6, 6.07) is 4.50. The molecule has 6 nitrogen and oxygen atoms in total. The van der Waals surface area contributed by atoms with Crippen molar-refractivity contribution in [1.82, 2.24) is 15.1 Å². The van der Waals surface area contributed by atoms with Crippen LogP contribution in [0, 0.1) is 11.6 Å². The van der Waals surface area contributed by atoms with Gasteiger partial charge in [-0.15, -0.1) is 0 Å². The van der Waals surface area contributed by atoms with Crippen LogP contribution in [0.1, 0.15) is 47.2 Å². The third-order valence-electron chi connectivity index (χ3n) is 3.89. The number of nitrogens with zero attached hydrogens (tertiary/aromatic N) is 2. The van der Waals surface area contributed by atoms with E-state index in [4.69, 9.17) is 4.74 Å². The molecule has 8 heteroatoms. The Morgan fingerprint density at radius 2 is 1.82 bits per heavy atom. The van der Waals surface area contributed by atoms with Gasteiger partial charge in [-0.3, -0.25) is 5.32 Å². The summed E-state index contributed by atoms with van der Waals surface area (Å²) in [5.74, 6) is -0.940. The lowest BCUT2D eigenvalue weighted by atomic mass is 9.92. The van der Waals surface area contributed by atoms with E-state index in [2.05, 4.69) is 36.5 Å². The van der Waals surface area contributed by atoms with Crippen molar-refractivity contribution < 1.29 is 18.3 Å². The van der Waals surface area contributed by atoms with Gasteiger partial charge in [0.05, 0.1) is 17.8 Å². The van der Waals surface area contributed by atoms with E-state index in [1.54, 1.807) is 4.68 Å². The lowest BCUT2D eigenvalue weighted by molar-refractivity contribution is 0.246. The number of halogens is 2. The summed E-state index contributed by atoms with van der Waals surface area (Å²) in [4.78, 5) is 12.2. The highest BCUT2D eigenvalue weighted by molar-refractivity contribution is 5.88. The zero-order chi connectivity index (χ0) is 21.1. The van der Waals surface area contributed by atoms with Gasteiger partial charge in [0.1, 0.15) is 18.2 Å². The van der Waals surface area contributed by atoms with Gasteiger partial charge in [-0.05, 0) is 32.9 Å². The first-order chi connectivity index (χ1) is 12.9. The first kappa shape index (κ1) is 21.7. The number of anilines is 1. The molecule has 2 amide bonds. The molecule has 0 aliphatic heterocycles. The molecule has 154 valence electrons. The SMILES string of the molecule is CC(C)(C)c1cc(NC(=O)NCCOc2ccc(F)cc2F)n(C(C)(C)C)n1. The fourth-order valence-electron chi connectivity index (χ4n) is 2.43. The van der Waals surface area contributed by atoms with Gasteiger partial charge in [0, 0.05) is 17.5 Å². The Balaban J connectivity index is 1.94. The number of aromatic nitrogens is 2. The Labute approximate surface area is 164 Å². The molecule has 1 aromatic heterocycles. The van der Waals surface area contributed by atoms with Crippen LogP contribution in [0.3, 0.4) is 0 Å². The molecule has 0 fully saturated rings. The van der Waals surface area contributed by atoms with Crippen LogP contribution in [0.25, 0.3) is 0 Å². The molecule has 0 spiro atoms. The standard InChI is InChI=1S/C20H28F2N4O2/c1-19(2,3)16-12-17(26(25-16)20(4,5)6)24-18(27)23-9-10-28-15-8-7-13(21)11-14(15)22/h7-8,11-12H,9-10H2,1-6H3,(H2,23,24,27). The fourth-order valence-corrected chi connectivity index (χ4v) is 2.43. The van der Waals surface area contributed by atoms with Crippen LogP contribution < -0.4 is 15.4 Å². The van der Waals surface area contributed by atoms with Crippen molar-refractivity contribution in [2.45, 2.75) is 52.5 Å². The topological polar surface area (TPSA) is 68.2 Å². The molecule has 0 saturated carbocycles. The van der Waals surface area contributed by atoms with E-state index in [0.29, 0.717) is 5.82 Å². The third-order valence-corrected chi connectivity index (χ3v) is 3.89. The molecule has 0 bridgehead atoms. The summed E-state index contributed by atoms with van der Waals surface area (Å²) in [5, 5.41) is 10.1. The van der Waals surface area contributed by atoms with E-state index in [9.17, 15) is 13.6 Å². The average Bonchev–Trinajstić information content (AvgIpc) is 2.97. The van der Waals surface area contributed by atoms with Crippen molar-refractivity contribution >= 4 is 11.8 Å². The minimum absolute atomic E-state index is 0.0434. The predicted octanol–water partition coefficient (Wildman–Crippen LogP) is 4.41. The van der Waals surface area contributed by atoms with Crippen LogP contribution in [-0.2, 0) is 11.0 Å². The normalized spacial score (nSPS) is 12.0. The first-order valence-corrected chi connectivity index (χ1v) is 9.11. The number of ether oxygens (including phenoxy) is 1. The summed E-state index contributed by atoms with van der Waals surface area (Å²) in [6.45, 7) is 12.4. The van der Waals surface area contributed by atoms with Crippen molar-refractivity contribution in [2.24, 2.45) is 0 Å². The molecule has 0 atom stereocenters. The van der Waals surface area contributed by atoms with Gasteiger partial charge in [-0.1, -0.05) is 20.8 Å². The average molecular weight is 394 g/mol. The number of hydrogen-bond donors (Lipinski definition) is 2. The smallest absolute Gasteiger partial charge is 0.320 e. The Bertz CT molecular complexity index is 836. The summed E-state index contributed by atoms with van der Waals surface area (Å²) in [6.07, 6.45) is 0. The summed E-state index contributed by atoms with van der Waals surface area (Å²) < 4.78 is 33.4. The maximum absolute atomic E-state index is 13.5. The third kappa shape index (κ3) is 5.68. The molecular weight excluding hydrogens is 366 g/mol. The minimum atomic E-state index is -0.784. The second kappa shape index (κ2) is 8.16. The molecule has 28 heavy (non-hydrogen) atoms. The number of amides is 2. The molecule has 0 aliphatic carbocycles. The zero-order valence-corrected chi connectivity index (χ0v) is 17.2. The van der Waals surface area contributed by atoms with Gasteiger partial charge in [0.2, 0.25) is 0 Å². The van der Waals surface area contributed by atoms with E-state index in [-0.39, 0.29) is 29.9 Å². The van der Waals surface area contributed by atoms with E-state index >= 15 is 0 Å². The fraction of sp³-hybridized carbons (Fsp3) is 0.500. The molecule has 0 saturated heterocycles.